The van der Waals surface area contributed by atoms with Crippen molar-refractivity contribution in [2.24, 2.45) is 0 Å². The zero-order valence-electron chi connectivity index (χ0n) is 11.6. The molecule has 1 aromatic heterocycles. The summed E-state index contributed by atoms with van der Waals surface area (Å²) in [4.78, 5) is 17.8. The van der Waals surface area contributed by atoms with Gasteiger partial charge in [0.15, 0.2) is 0 Å². The maximum absolute atomic E-state index is 13.0. The minimum absolute atomic E-state index is 0.109. The van der Waals surface area contributed by atoms with E-state index in [2.05, 4.69) is 10.3 Å². The van der Waals surface area contributed by atoms with Crippen LogP contribution in [0.4, 0.5) is 13.6 Å². The fourth-order valence-electron chi connectivity index (χ4n) is 3.05. The summed E-state index contributed by atoms with van der Waals surface area (Å²) in [6.07, 6.45) is -0.218. The molecular formula is C13H18F2N4O. The number of aryl methyl sites for hydroxylation is 1. The Bertz CT molecular complexity index is 547. The first kappa shape index (κ1) is 13.3. The summed E-state index contributed by atoms with van der Waals surface area (Å²) in [5, 5.41) is 2.61. The summed E-state index contributed by atoms with van der Waals surface area (Å²) in [5.41, 5.74) is 1.80. The molecule has 1 N–H and O–H groups in total. The highest BCUT2D eigenvalue weighted by Gasteiger charge is 2.48. The Morgan fingerprint density at radius 2 is 2.10 bits per heavy atom. The van der Waals surface area contributed by atoms with Gasteiger partial charge >= 0.3 is 6.03 Å². The number of fused-ring (bicyclic) bond motifs is 1. The Morgan fingerprint density at radius 3 is 2.70 bits per heavy atom. The molecule has 2 aliphatic rings. The van der Waals surface area contributed by atoms with Gasteiger partial charge in [0.05, 0.1) is 17.9 Å². The third kappa shape index (κ3) is 2.05. The molecule has 3 rings (SSSR count). The van der Waals surface area contributed by atoms with Crippen LogP contribution in [0.3, 0.4) is 0 Å². The number of nitrogens with zero attached hydrogens (tertiary/aromatic N) is 3. The molecule has 2 amide bonds. The van der Waals surface area contributed by atoms with E-state index in [1.165, 1.54) is 0 Å². The monoisotopic (exact) mass is 284 g/mol. The second kappa shape index (κ2) is 4.43. The molecule has 0 radical (unpaired) electrons. The molecule has 20 heavy (non-hydrogen) atoms. The Hall–Kier alpha value is -1.66. The third-order valence-electron chi connectivity index (χ3n) is 4.19. The van der Waals surface area contributed by atoms with E-state index in [9.17, 15) is 13.6 Å². The first-order chi connectivity index (χ1) is 9.41. The minimum Gasteiger partial charge on any atom is -0.341 e. The number of rotatable bonds is 1. The zero-order chi connectivity index (χ0) is 14.5. The Balaban J connectivity index is 1.83. The summed E-state index contributed by atoms with van der Waals surface area (Å²) in [7, 11) is 1.60. The van der Waals surface area contributed by atoms with Crippen LogP contribution in [0.2, 0.25) is 0 Å². The summed E-state index contributed by atoms with van der Waals surface area (Å²) in [6, 6.07) is -0.117. The van der Waals surface area contributed by atoms with Crippen LogP contribution in [-0.2, 0) is 13.1 Å². The van der Waals surface area contributed by atoms with Crippen LogP contribution in [-0.4, -0.2) is 40.0 Å². The lowest BCUT2D eigenvalue weighted by atomic mass is 9.80. The lowest BCUT2D eigenvalue weighted by molar-refractivity contribution is -0.0892. The van der Waals surface area contributed by atoms with Crippen molar-refractivity contribution < 1.29 is 13.6 Å². The van der Waals surface area contributed by atoms with Crippen molar-refractivity contribution in [3.63, 3.8) is 0 Å². The van der Waals surface area contributed by atoms with E-state index in [4.69, 9.17) is 0 Å². The molecule has 0 bridgehead atoms. The average molecular weight is 284 g/mol. The molecule has 110 valence electrons. The van der Waals surface area contributed by atoms with Crippen molar-refractivity contribution in [1.82, 2.24) is 19.8 Å². The van der Waals surface area contributed by atoms with Crippen LogP contribution in [0.25, 0.3) is 0 Å². The summed E-state index contributed by atoms with van der Waals surface area (Å²) >= 11 is 0. The van der Waals surface area contributed by atoms with Crippen LogP contribution in [0.15, 0.2) is 0 Å². The molecule has 5 nitrogen and oxygen atoms in total. The van der Waals surface area contributed by atoms with Crippen LogP contribution in [0.1, 0.15) is 36.0 Å². The maximum Gasteiger partial charge on any atom is 0.317 e. The standard InChI is InChI=1S/C13H18F2N4O/c1-8-10-7-18(12(20)16-2)3-4-19(10)11(17-8)9-5-13(14,15)6-9/h9H,3-7H2,1-2H3,(H,16,20). The van der Waals surface area contributed by atoms with E-state index in [-0.39, 0.29) is 24.8 Å². The van der Waals surface area contributed by atoms with Crippen molar-refractivity contribution in [3.8, 4) is 0 Å². The van der Waals surface area contributed by atoms with Gasteiger partial charge in [0.1, 0.15) is 5.82 Å². The lowest BCUT2D eigenvalue weighted by Gasteiger charge is -2.36. The Labute approximate surface area is 116 Å². The molecule has 1 aromatic rings. The molecule has 1 aliphatic carbocycles. The van der Waals surface area contributed by atoms with Gasteiger partial charge in [0.25, 0.3) is 0 Å². The smallest absolute Gasteiger partial charge is 0.317 e. The number of aromatic nitrogens is 2. The highest BCUT2D eigenvalue weighted by molar-refractivity contribution is 5.73. The van der Waals surface area contributed by atoms with Gasteiger partial charge in [0.2, 0.25) is 5.92 Å². The van der Waals surface area contributed by atoms with Gasteiger partial charge in [0, 0.05) is 38.9 Å². The van der Waals surface area contributed by atoms with Crippen molar-refractivity contribution in [3.05, 3.63) is 17.2 Å². The molecule has 0 spiro atoms. The van der Waals surface area contributed by atoms with Crippen LogP contribution in [0, 0.1) is 6.92 Å². The second-order valence-corrected chi connectivity index (χ2v) is 5.59. The fraction of sp³-hybridized carbons (Fsp3) is 0.692. The zero-order valence-corrected chi connectivity index (χ0v) is 11.6. The molecule has 0 atom stereocenters. The fourth-order valence-corrected chi connectivity index (χ4v) is 3.05. The summed E-state index contributed by atoms with van der Waals surface area (Å²) < 4.78 is 28.1. The highest BCUT2D eigenvalue weighted by atomic mass is 19.3. The molecule has 7 heteroatoms. The number of urea groups is 1. The molecule has 1 aliphatic heterocycles. The topological polar surface area (TPSA) is 50.2 Å². The SMILES string of the molecule is CNC(=O)N1CCn2c(C3CC(F)(F)C3)nc(C)c2C1. The summed E-state index contributed by atoms with van der Waals surface area (Å²) in [6.45, 7) is 3.57. The van der Waals surface area contributed by atoms with Crippen LogP contribution in [0.5, 0.6) is 0 Å². The Kier molecular flexibility index (Phi) is 2.95. The molecule has 0 aromatic carbocycles. The van der Waals surface area contributed by atoms with Gasteiger partial charge in [-0.1, -0.05) is 0 Å². The third-order valence-corrected chi connectivity index (χ3v) is 4.19. The molecule has 1 fully saturated rings. The van der Waals surface area contributed by atoms with E-state index in [0.29, 0.717) is 19.6 Å². The van der Waals surface area contributed by atoms with Gasteiger partial charge in [-0.15, -0.1) is 0 Å². The first-order valence-electron chi connectivity index (χ1n) is 6.81. The number of nitrogens with one attached hydrogen (secondary N) is 1. The van der Waals surface area contributed by atoms with E-state index >= 15 is 0 Å². The van der Waals surface area contributed by atoms with Crippen molar-refractivity contribution in [2.45, 2.75) is 44.7 Å². The van der Waals surface area contributed by atoms with Gasteiger partial charge in [-0.05, 0) is 6.92 Å². The van der Waals surface area contributed by atoms with Gasteiger partial charge in [-0.3, -0.25) is 0 Å². The van der Waals surface area contributed by atoms with Gasteiger partial charge < -0.3 is 14.8 Å². The quantitative estimate of drug-likeness (QED) is 0.855. The highest BCUT2D eigenvalue weighted by Crippen LogP contribution is 2.48. The van der Waals surface area contributed by atoms with E-state index in [1.807, 2.05) is 11.5 Å². The normalized spacial score (nSPS) is 21.3. The minimum atomic E-state index is -2.53. The molecular weight excluding hydrogens is 266 g/mol. The molecule has 0 saturated heterocycles. The van der Waals surface area contributed by atoms with E-state index in [1.54, 1.807) is 11.9 Å². The van der Waals surface area contributed by atoms with Crippen LogP contribution >= 0.6 is 0 Å². The lowest BCUT2D eigenvalue weighted by Crippen LogP contribution is -2.43. The number of amides is 2. The maximum atomic E-state index is 13.0. The van der Waals surface area contributed by atoms with E-state index < -0.39 is 5.92 Å². The van der Waals surface area contributed by atoms with Crippen molar-refractivity contribution in [1.29, 1.82) is 0 Å². The molecule has 0 unspecified atom stereocenters. The number of hydrogen-bond donors (Lipinski definition) is 1. The second-order valence-electron chi connectivity index (χ2n) is 5.59. The number of halogens is 2. The van der Waals surface area contributed by atoms with Crippen molar-refractivity contribution in [2.75, 3.05) is 13.6 Å². The van der Waals surface area contributed by atoms with Crippen LogP contribution < -0.4 is 5.32 Å². The number of hydrogen-bond acceptors (Lipinski definition) is 2. The first-order valence-corrected chi connectivity index (χ1v) is 6.81. The van der Waals surface area contributed by atoms with Crippen molar-refractivity contribution >= 4 is 6.03 Å². The molecule has 1 saturated carbocycles. The number of imidazole rings is 1. The summed E-state index contributed by atoms with van der Waals surface area (Å²) in [5.74, 6) is -1.92. The predicted octanol–water partition coefficient (Wildman–Crippen LogP) is 1.86. The Morgan fingerprint density at radius 1 is 1.40 bits per heavy atom. The number of alkyl halides is 2. The van der Waals surface area contributed by atoms with E-state index in [0.717, 1.165) is 17.2 Å². The largest absolute Gasteiger partial charge is 0.341 e. The number of carbonyl (C=O) groups excluding carboxylic acids is 1. The van der Waals surface area contributed by atoms with Gasteiger partial charge in [-0.2, -0.15) is 0 Å². The predicted molar refractivity (Wildman–Crippen MR) is 68.8 cm³/mol. The molecule has 2 heterocycles. The number of carbonyl (C=O) groups is 1. The average Bonchev–Trinajstić information content (AvgIpc) is 2.72. The van der Waals surface area contributed by atoms with Gasteiger partial charge in [-0.25, -0.2) is 18.6 Å².